The van der Waals surface area contributed by atoms with Crippen LogP contribution >= 0.6 is 0 Å². The van der Waals surface area contributed by atoms with E-state index < -0.39 is 29.7 Å². The number of rotatable bonds is 2. The van der Waals surface area contributed by atoms with Gasteiger partial charge in [-0.2, -0.15) is 0 Å². The Kier molecular flexibility index (Phi) is 6.39. The SMILES string of the molecule is C[C@H]1CN(C(=O)OC(C)(C)C)CCN1C(=O)c1ccc(F)c(B2OC(C)(C)C(C)(C)O2)c1. The van der Waals surface area contributed by atoms with Crippen LogP contribution < -0.4 is 5.46 Å². The fourth-order valence-corrected chi connectivity index (χ4v) is 3.74. The van der Waals surface area contributed by atoms with E-state index in [-0.39, 0.29) is 23.5 Å². The van der Waals surface area contributed by atoms with Crippen LogP contribution in [0.3, 0.4) is 0 Å². The lowest BCUT2D eigenvalue weighted by atomic mass is 9.77. The third-order valence-corrected chi connectivity index (χ3v) is 6.29. The van der Waals surface area contributed by atoms with Crippen molar-refractivity contribution in [2.45, 2.75) is 78.2 Å². The van der Waals surface area contributed by atoms with Crippen molar-refractivity contribution in [2.24, 2.45) is 0 Å². The first-order valence-corrected chi connectivity index (χ1v) is 11.1. The van der Waals surface area contributed by atoms with Crippen molar-refractivity contribution in [1.82, 2.24) is 9.80 Å². The Balaban J connectivity index is 1.74. The van der Waals surface area contributed by atoms with Crippen LogP contribution in [-0.4, -0.2) is 71.4 Å². The Labute approximate surface area is 190 Å². The lowest BCUT2D eigenvalue weighted by Gasteiger charge is -2.40. The molecular weight excluding hydrogens is 414 g/mol. The van der Waals surface area contributed by atoms with Gasteiger partial charge < -0.3 is 23.8 Å². The summed E-state index contributed by atoms with van der Waals surface area (Å²) in [6, 6.07) is 4.04. The fraction of sp³-hybridized carbons (Fsp3) is 0.652. The van der Waals surface area contributed by atoms with Crippen molar-refractivity contribution in [3.8, 4) is 0 Å². The Morgan fingerprint density at radius 2 is 1.72 bits per heavy atom. The first-order chi connectivity index (χ1) is 14.6. The van der Waals surface area contributed by atoms with Crippen molar-refractivity contribution >= 4 is 24.6 Å². The number of halogens is 1. The monoisotopic (exact) mass is 448 g/mol. The quantitative estimate of drug-likeness (QED) is 0.651. The summed E-state index contributed by atoms with van der Waals surface area (Å²) in [5, 5.41) is 0. The van der Waals surface area contributed by atoms with E-state index in [9.17, 15) is 14.0 Å². The Bertz CT molecular complexity index is 883. The number of carbonyl (C=O) groups is 2. The molecule has 2 saturated heterocycles. The molecule has 0 N–H and O–H groups in total. The van der Waals surface area contributed by atoms with Gasteiger partial charge in [0.2, 0.25) is 0 Å². The maximum absolute atomic E-state index is 14.6. The maximum Gasteiger partial charge on any atom is 0.497 e. The first-order valence-electron chi connectivity index (χ1n) is 11.1. The second-order valence-electron chi connectivity index (χ2n) is 10.6. The number of benzene rings is 1. The van der Waals surface area contributed by atoms with Gasteiger partial charge in [-0.1, -0.05) is 0 Å². The zero-order chi connectivity index (χ0) is 24.1. The molecule has 0 radical (unpaired) electrons. The smallest absolute Gasteiger partial charge is 0.444 e. The largest absolute Gasteiger partial charge is 0.497 e. The minimum atomic E-state index is -0.894. The van der Waals surface area contributed by atoms with Gasteiger partial charge in [0.25, 0.3) is 5.91 Å². The molecule has 32 heavy (non-hydrogen) atoms. The standard InChI is InChI=1S/C23H34BFN2O5/c1-15-14-26(20(29)30-21(2,3)4)11-12-27(15)19(28)16-9-10-18(25)17(13-16)24-31-22(5,6)23(7,8)32-24/h9-10,13,15H,11-12,14H2,1-8H3/t15-/m0/s1. The molecule has 1 atom stereocenters. The van der Waals surface area contributed by atoms with Gasteiger partial charge >= 0.3 is 13.2 Å². The highest BCUT2D eigenvalue weighted by atomic mass is 19.1. The molecule has 9 heteroatoms. The van der Waals surface area contributed by atoms with Crippen LogP contribution in [0.2, 0.25) is 0 Å². The minimum absolute atomic E-state index is 0.203. The summed E-state index contributed by atoms with van der Waals surface area (Å²) in [7, 11) is -0.894. The molecule has 1 aromatic carbocycles. The van der Waals surface area contributed by atoms with E-state index in [0.29, 0.717) is 25.2 Å². The second-order valence-corrected chi connectivity index (χ2v) is 10.6. The van der Waals surface area contributed by atoms with Gasteiger partial charge in [-0.15, -0.1) is 0 Å². The second kappa shape index (κ2) is 8.34. The van der Waals surface area contributed by atoms with Crippen molar-refractivity contribution in [2.75, 3.05) is 19.6 Å². The molecule has 7 nitrogen and oxygen atoms in total. The van der Waals surface area contributed by atoms with Crippen LogP contribution in [0.25, 0.3) is 0 Å². The Hall–Kier alpha value is -2.13. The minimum Gasteiger partial charge on any atom is -0.444 e. The van der Waals surface area contributed by atoms with Gasteiger partial charge in [-0.05, 0) is 73.6 Å². The molecule has 2 heterocycles. The molecule has 0 unspecified atom stereocenters. The number of carbonyl (C=O) groups excluding carboxylic acids is 2. The van der Waals surface area contributed by atoms with Crippen molar-refractivity contribution in [3.05, 3.63) is 29.6 Å². The third kappa shape index (κ3) is 4.93. The van der Waals surface area contributed by atoms with E-state index in [1.54, 1.807) is 9.80 Å². The zero-order valence-electron chi connectivity index (χ0n) is 20.3. The van der Waals surface area contributed by atoms with Crippen molar-refractivity contribution in [3.63, 3.8) is 0 Å². The van der Waals surface area contributed by atoms with Gasteiger partial charge in [0.15, 0.2) is 0 Å². The molecule has 2 fully saturated rings. The molecule has 2 amide bonds. The summed E-state index contributed by atoms with van der Waals surface area (Å²) in [6.45, 7) is 16.0. The van der Waals surface area contributed by atoms with E-state index in [1.165, 1.54) is 18.2 Å². The van der Waals surface area contributed by atoms with Crippen LogP contribution in [0.1, 0.15) is 65.7 Å². The number of piperazine rings is 1. The average Bonchev–Trinajstić information content (AvgIpc) is 2.87. The maximum atomic E-state index is 14.6. The predicted octanol–water partition coefficient (Wildman–Crippen LogP) is 3.21. The fourth-order valence-electron chi connectivity index (χ4n) is 3.74. The highest BCUT2D eigenvalue weighted by Gasteiger charge is 2.52. The van der Waals surface area contributed by atoms with Crippen molar-refractivity contribution in [1.29, 1.82) is 0 Å². The van der Waals surface area contributed by atoms with Crippen LogP contribution in [0.15, 0.2) is 18.2 Å². The number of hydrogen-bond acceptors (Lipinski definition) is 5. The predicted molar refractivity (Wildman–Crippen MR) is 120 cm³/mol. The van der Waals surface area contributed by atoms with E-state index in [2.05, 4.69) is 0 Å². The number of ether oxygens (including phenoxy) is 1. The molecule has 0 aromatic heterocycles. The van der Waals surface area contributed by atoms with E-state index in [0.717, 1.165) is 0 Å². The summed E-state index contributed by atoms with van der Waals surface area (Å²) < 4.78 is 32.0. The van der Waals surface area contributed by atoms with E-state index in [1.807, 2.05) is 55.4 Å². The molecule has 1 aromatic rings. The van der Waals surface area contributed by atoms with Crippen molar-refractivity contribution < 1.29 is 28.0 Å². The first kappa shape index (κ1) is 24.5. The third-order valence-electron chi connectivity index (χ3n) is 6.29. The molecule has 3 rings (SSSR count). The average molecular weight is 448 g/mol. The highest BCUT2D eigenvalue weighted by Crippen LogP contribution is 2.36. The van der Waals surface area contributed by atoms with Gasteiger partial charge in [0.1, 0.15) is 11.4 Å². The summed E-state index contributed by atoms with van der Waals surface area (Å²) in [5.41, 5.74) is -1.25. The Morgan fingerprint density at radius 3 is 2.25 bits per heavy atom. The molecular formula is C23H34BFN2O5. The number of hydrogen-bond donors (Lipinski definition) is 0. The number of amides is 2. The number of nitrogens with zero attached hydrogens (tertiary/aromatic N) is 2. The lowest BCUT2D eigenvalue weighted by molar-refractivity contribution is 0.00578. The molecule has 2 aliphatic rings. The van der Waals surface area contributed by atoms with Gasteiger partial charge in [0, 0.05) is 36.7 Å². The van der Waals surface area contributed by atoms with Gasteiger partial charge in [-0.3, -0.25) is 4.79 Å². The van der Waals surface area contributed by atoms with Gasteiger partial charge in [-0.25, -0.2) is 9.18 Å². The normalized spacial score (nSPS) is 22.8. The zero-order valence-corrected chi connectivity index (χ0v) is 20.3. The van der Waals surface area contributed by atoms with Crippen LogP contribution in [0.4, 0.5) is 9.18 Å². The summed E-state index contributed by atoms with van der Waals surface area (Å²) in [5.74, 6) is -0.707. The van der Waals surface area contributed by atoms with E-state index >= 15 is 0 Å². The molecule has 0 saturated carbocycles. The topological polar surface area (TPSA) is 68.3 Å². The molecule has 0 bridgehead atoms. The Morgan fingerprint density at radius 1 is 1.12 bits per heavy atom. The summed E-state index contributed by atoms with van der Waals surface area (Å²) >= 11 is 0. The molecule has 176 valence electrons. The summed E-state index contributed by atoms with van der Waals surface area (Å²) in [4.78, 5) is 28.9. The lowest BCUT2D eigenvalue weighted by Crippen LogP contribution is -2.56. The van der Waals surface area contributed by atoms with Gasteiger partial charge in [0.05, 0.1) is 11.2 Å². The van der Waals surface area contributed by atoms with Crippen LogP contribution in [-0.2, 0) is 14.0 Å². The van der Waals surface area contributed by atoms with E-state index in [4.69, 9.17) is 14.0 Å². The van der Waals surface area contributed by atoms with Crippen LogP contribution in [0.5, 0.6) is 0 Å². The summed E-state index contributed by atoms with van der Waals surface area (Å²) in [6.07, 6.45) is -0.388. The van der Waals surface area contributed by atoms with Crippen LogP contribution in [0, 0.1) is 5.82 Å². The highest BCUT2D eigenvalue weighted by molar-refractivity contribution is 6.62. The molecule has 0 aliphatic carbocycles. The molecule has 2 aliphatic heterocycles. The molecule has 0 spiro atoms.